The summed E-state index contributed by atoms with van der Waals surface area (Å²) < 4.78 is 0. The van der Waals surface area contributed by atoms with Crippen molar-refractivity contribution in [3.05, 3.63) is 187 Å². The Morgan fingerprint density at radius 1 is 0.460 bits per heavy atom. The zero-order chi connectivity index (χ0) is 32.8. The second-order valence-electron chi connectivity index (χ2n) is 13.7. The number of aromatic nitrogens is 2. The summed E-state index contributed by atoms with van der Waals surface area (Å²) in [5, 5.41) is 9.88. The Labute approximate surface area is 290 Å². The van der Waals surface area contributed by atoms with Crippen molar-refractivity contribution in [1.29, 1.82) is 0 Å². The van der Waals surface area contributed by atoms with Crippen LogP contribution in [0.1, 0.15) is 17.2 Å². The van der Waals surface area contributed by atoms with Gasteiger partial charge in [-0.3, -0.25) is 0 Å². The fourth-order valence-corrected chi connectivity index (χ4v) is 8.79. The minimum Gasteiger partial charge on any atom is -0.232 e. The van der Waals surface area contributed by atoms with Crippen molar-refractivity contribution in [1.82, 2.24) is 9.97 Å². The van der Waals surface area contributed by atoms with E-state index in [0.29, 0.717) is 0 Å². The SMILES string of the molecule is C1=CC2=CC=CC3c4nc(-c5ccccc5)nc(-c5c6ccccc6c(-c6ccc7cc8ccccc8cc7c6)c6ccccc56)c4C(=C1)C23. The molecule has 2 heteroatoms. The first-order chi connectivity index (χ1) is 24.8. The first kappa shape index (κ1) is 27.6. The fraction of sp³-hybridized carbons (Fsp3) is 0.0417. The highest BCUT2D eigenvalue weighted by Crippen LogP contribution is 2.56. The standard InChI is InChI=1S/C48H30N2/c1-2-12-30(13-3-1)48-49-46-41-23-11-17-29-16-10-22-40(42(29)41)45(46)47(50-48)44-38-20-8-6-18-36(38)43(37-19-7-9-21-39(37)44)34-25-24-33-26-31-14-4-5-15-32(31)27-35(33)28-34/h1-28,41-42H. The maximum Gasteiger partial charge on any atom is 0.160 e. The summed E-state index contributed by atoms with van der Waals surface area (Å²) in [5.41, 5.74) is 10.7. The van der Waals surface area contributed by atoms with Crippen molar-refractivity contribution in [3.63, 3.8) is 0 Å². The van der Waals surface area contributed by atoms with Crippen LogP contribution in [0.15, 0.2) is 175 Å². The molecular weight excluding hydrogens is 605 g/mol. The lowest BCUT2D eigenvalue weighted by Gasteiger charge is -2.24. The van der Waals surface area contributed by atoms with Crippen LogP contribution in [-0.4, -0.2) is 9.97 Å². The van der Waals surface area contributed by atoms with Gasteiger partial charge in [0.2, 0.25) is 0 Å². The van der Waals surface area contributed by atoms with Crippen LogP contribution in [-0.2, 0) is 0 Å². The largest absolute Gasteiger partial charge is 0.232 e. The molecule has 7 aromatic carbocycles. The molecule has 0 saturated heterocycles. The van der Waals surface area contributed by atoms with E-state index in [-0.39, 0.29) is 11.8 Å². The van der Waals surface area contributed by atoms with Gasteiger partial charge in [0.05, 0.1) is 11.4 Å². The van der Waals surface area contributed by atoms with Crippen molar-refractivity contribution in [2.75, 3.05) is 0 Å². The second-order valence-corrected chi connectivity index (χ2v) is 13.7. The summed E-state index contributed by atoms with van der Waals surface area (Å²) in [4.78, 5) is 10.9. The van der Waals surface area contributed by atoms with Gasteiger partial charge >= 0.3 is 0 Å². The lowest BCUT2D eigenvalue weighted by atomic mass is 9.79. The number of rotatable bonds is 3. The van der Waals surface area contributed by atoms with E-state index in [1.54, 1.807) is 0 Å². The molecule has 0 bridgehead atoms. The molecule has 0 fully saturated rings. The number of allylic oxidation sites excluding steroid dienone is 8. The normalized spacial score (nSPS) is 17.3. The van der Waals surface area contributed by atoms with Crippen LogP contribution in [0.25, 0.3) is 82.4 Å². The molecule has 2 nitrogen and oxygen atoms in total. The first-order valence-electron chi connectivity index (χ1n) is 17.4. The van der Waals surface area contributed by atoms with Crippen LogP contribution in [0, 0.1) is 5.92 Å². The van der Waals surface area contributed by atoms with Gasteiger partial charge in [0.15, 0.2) is 5.82 Å². The van der Waals surface area contributed by atoms with E-state index in [1.807, 2.05) is 0 Å². The topological polar surface area (TPSA) is 25.8 Å². The van der Waals surface area contributed by atoms with Gasteiger partial charge < -0.3 is 0 Å². The van der Waals surface area contributed by atoms with E-state index in [1.165, 1.54) is 76.5 Å². The lowest BCUT2D eigenvalue weighted by Crippen LogP contribution is -2.12. The lowest BCUT2D eigenvalue weighted by molar-refractivity contribution is 0.704. The number of benzene rings is 7. The summed E-state index contributed by atoms with van der Waals surface area (Å²) in [6.07, 6.45) is 13.5. The van der Waals surface area contributed by atoms with Crippen molar-refractivity contribution >= 4 is 48.7 Å². The number of nitrogens with zero attached hydrogens (tertiary/aromatic N) is 2. The molecule has 0 radical (unpaired) electrons. The van der Waals surface area contributed by atoms with E-state index >= 15 is 0 Å². The molecule has 3 aliphatic rings. The highest BCUT2D eigenvalue weighted by molar-refractivity contribution is 6.22. The van der Waals surface area contributed by atoms with Crippen molar-refractivity contribution < 1.29 is 0 Å². The van der Waals surface area contributed by atoms with Crippen LogP contribution >= 0.6 is 0 Å². The average Bonchev–Trinajstić information content (AvgIpc) is 3.51. The van der Waals surface area contributed by atoms with E-state index in [4.69, 9.17) is 9.97 Å². The molecule has 2 atom stereocenters. The number of hydrogen-bond acceptors (Lipinski definition) is 2. The van der Waals surface area contributed by atoms with Gasteiger partial charge in [0.25, 0.3) is 0 Å². The highest BCUT2D eigenvalue weighted by atomic mass is 14.9. The minimum absolute atomic E-state index is 0.177. The fourth-order valence-electron chi connectivity index (χ4n) is 8.79. The summed E-state index contributed by atoms with van der Waals surface area (Å²) in [5.74, 6) is 1.20. The van der Waals surface area contributed by atoms with Gasteiger partial charge in [-0.15, -0.1) is 0 Å². The third-order valence-corrected chi connectivity index (χ3v) is 11.0. The van der Waals surface area contributed by atoms with Crippen molar-refractivity contribution in [2.45, 2.75) is 5.92 Å². The monoisotopic (exact) mass is 634 g/mol. The summed E-state index contributed by atoms with van der Waals surface area (Å²) in [7, 11) is 0. The van der Waals surface area contributed by atoms with E-state index in [9.17, 15) is 0 Å². The van der Waals surface area contributed by atoms with E-state index in [0.717, 1.165) is 22.8 Å². The smallest absolute Gasteiger partial charge is 0.160 e. The van der Waals surface area contributed by atoms with Crippen molar-refractivity contribution in [2.24, 2.45) is 5.92 Å². The zero-order valence-corrected chi connectivity index (χ0v) is 27.2. The van der Waals surface area contributed by atoms with Gasteiger partial charge in [0.1, 0.15) is 0 Å². The van der Waals surface area contributed by atoms with Gasteiger partial charge in [-0.2, -0.15) is 0 Å². The van der Waals surface area contributed by atoms with Crippen LogP contribution in [0.2, 0.25) is 0 Å². The molecule has 0 aliphatic heterocycles. The molecule has 0 N–H and O–H groups in total. The molecule has 2 unspecified atom stereocenters. The molecule has 0 amide bonds. The van der Waals surface area contributed by atoms with Gasteiger partial charge in [-0.05, 0) is 83.6 Å². The Morgan fingerprint density at radius 3 is 1.84 bits per heavy atom. The van der Waals surface area contributed by atoms with Crippen LogP contribution in [0.4, 0.5) is 0 Å². The number of fused-ring (bicyclic) bond motifs is 7. The Morgan fingerprint density at radius 2 is 1.10 bits per heavy atom. The number of hydrogen-bond donors (Lipinski definition) is 0. The Hall–Kier alpha value is -6.38. The maximum atomic E-state index is 5.54. The maximum absolute atomic E-state index is 5.54. The Balaban J connectivity index is 1.24. The minimum atomic E-state index is 0.177. The average molecular weight is 635 g/mol. The van der Waals surface area contributed by atoms with Crippen LogP contribution < -0.4 is 0 Å². The van der Waals surface area contributed by atoms with Crippen LogP contribution in [0.3, 0.4) is 0 Å². The van der Waals surface area contributed by atoms with Gasteiger partial charge in [-0.25, -0.2) is 9.97 Å². The van der Waals surface area contributed by atoms with E-state index < -0.39 is 0 Å². The summed E-state index contributed by atoms with van der Waals surface area (Å²) in [6, 6.07) is 48.5. The molecule has 1 heterocycles. The Kier molecular flexibility index (Phi) is 5.82. The molecule has 50 heavy (non-hydrogen) atoms. The predicted octanol–water partition coefficient (Wildman–Crippen LogP) is 12.3. The molecule has 1 aromatic heterocycles. The molecule has 8 aromatic rings. The molecule has 0 spiro atoms. The summed E-state index contributed by atoms with van der Waals surface area (Å²) in [6.45, 7) is 0. The summed E-state index contributed by atoms with van der Waals surface area (Å²) >= 11 is 0. The van der Waals surface area contributed by atoms with Crippen molar-refractivity contribution in [3.8, 4) is 33.8 Å². The predicted molar refractivity (Wildman–Crippen MR) is 209 cm³/mol. The molecule has 3 aliphatic carbocycles. The van der Waals surface area contributed by atoms with Gasteiger partial charge in [-0.1, -0.05) is 152 Å². The quantitative estimate of drug-likeness (QED) is 0.181. The first-order valence-corrected chi connectivity index (χ1v) is 17.4. The zero-order valence-electron chi connectivity index (χ0n) is 27.2. The van der Waals surface area contributed by atoms with Crippen LogP contribution in [0.5, 0.6) is 0 Å². The van der Waals surface area contributed by atoms with E-state index in [2.05, 4.69) is 170 Å². The third-order valence-electron chi connectivity index (χ3n) is 11.0. The molecule has 232 valence electrons. The second kappa shape index (κ2) is 10.6. The molecular formula is C48H30N2. The third kappa shape index (κ3) is 3.96. The Bertz CT molecular complexity index is 2810. The molecule has 11 rings (SSSR count). The highest BCUT2D eigenvalue weighted by Gasteiger charge is 2.42. The van der Waals surface area contributed by atoms with Gasteiger partial charge in [0, 0.05) is 28.5 Å². The molecule has 0 saturated carbocycles.